The summed E-state index contributed by atoms with van der Waals surface area (Å²) in [4.78, 5) is 24.9. The van der Waals surface area contributed by atoms with Crippen LogP contribution in [0.1, 0.15) is 13.3 Å². The first-order valence-corrected chi connectivity index (χ1v) is 6.13. The van der Waals surface area contributed by atoms with Crippen molar-refractivity contribution in [3.63, 3.8) is 0 Å². The molecule has 0 spiro atoms. The number of anilines is 1. The average Bonchev–Trinajstić information content (AvgIpc) is 2.50. The van der Waals surface area contributed by atoms with E-state index in [1.54, 1.807) is 13.0 Å². The molecule has 1 fully saturated rings. The predicted octanol–water partition coefficient (Wildman–Crippen LogP) is 1.53. The highest BCUT2D eigenvalue weighted by molar-refractivity contribution is 6.01. The number of nitrogens with one attached hydrogen (secondary N) is 1. The zero-order valence-electron chi connectivity index (χ0n) is 10.8. The predicted molar refractivity (Wildman–Crippen MR) is 67.6 cm³/mol. The zero-order chi connectivity index (χ0) is 14.7. The van der Waals surface area contributed by atoms with E-state index in [4.69, 9.17) is 0 Å². The molecule has 0 bridgehead atoms. The minimum atomic E-state index is -2.98. The number of rotatable bonds is 3. The van der Waals surface area contributed by atoms with Gasteiger partial charge in [0.15, 0.2) is 0 Å². The Labute approximate surface area is 114 Å². The summed E-state index contributed by atoms with van der Waals surface area (Å²) in [6.45, 7) is -1.30. The Hall–Kier alpha value is -2.18. The summed E-state index contributed by atoms with van der Waals surface area (Å²) in [5.74, 6) is -0.695. The van der Waals surface area contributed by atoms with E-state index in [2.05, 4.69) is 10.1 Å². The number of carbonyl (C=O) groups excluding carboxylic acids is 2. The number of para-hydroxylation sites is 2. The first kappa shape index (κ1) is 14.2. The summed E-state index contributed by atoms with van der Waals surface area (Å²) in [7, 11) is 0. The van der Waals surface area contributed by atoms with Gasteiger partial charge >= 0.3 is 6.61 Å². The molecular weight excluding hydrogens is 270 g/mol. The normalized spacial score (nSPS) is 19.8. The van der Waals surface area contributed by atoms with Crippen LogP contribution < -0.4 is 15.0 Å². The van der Waals surface area contributed by atoms with E-state index in [-0.39, 0.29) is 36.2 Å². The van der Waals surface area contributed by atoms with E-state index in [0.717, 1.165) is 0 Å². The molecule has 1 aliphatic heterocycles. The van der Waals surface area contributed by atoms with Crippen molar-refractivity contribution in [2.45, 2.75) is 26.0 Å². The van der Waals surface area contributed by atoms with Crippen LogP contribution >= 0.6 is 0 Å². The molecule has 1 atom stereocenters. The number of hydrogen-bond acceptors (Lipinski definition) is 3. The van der Waals surface area contributed by atoms with Crippen LogP contribution in [0.4, 0.5) is 14.5 Å². The first-order valence-electron chi connectivity index (χ1n) is 6.13. The molecule has 0 radical (unpaired) electrons. The monoisotopic (exact) mass is 284 g/mol. The molecule has 1 aromatic carbocycles. The lowest BCUT2D eigenvalue weighted by molar-refractivity contribution is -0.125. The molecule has 2 amide bonds. The smallest absolute Gasteiger partial charge is 0.387 e. The number of halogens is 2. The average molecular weight is 284 g/mol. The Balaban J connectivity index is 2.34. The number of ether oxygens (including phenoxy) is 1. The minimum absolute atomic E-state index is 0.0857. The molecule has 1 unspecified atom stereocenters. The SMILES string of the molecule is CC1NC(=O)CCN(c2ccccc2OC(F)F)C1=O. The van der Waals surface area contributed by atoms with Gasteiger partial charge in [-0.2, -0.15) is 8.78 Å². The molecular formula is C13H14F2N2O3. The second kappa shape index (κ2) is 5.85. The molecule has 1 aromatic rings. The number of alkyl halides is 2. The maximum atomic E-state index is 12.4. The molecule has 1 aliphatic rings. The minimum Gasteiger partial charge on any atom is -0.433 e. The quantitative estimate of drug-likeness (QED) is 0.915. The molecule has 1 N–H and O–H groups in total. The van der Waals surface area contributed by atoms with Gasteiger partial charge in [0.05, 0.1) is 5.69 Å². The lowest BCUT2D eigenvalue weighted by Crippen LogP contribution is -2.42. The van der Waals surface area contributed by atoms with E-state index >= 15 is 0 Å². The van der Waals surface area contributed by atoms with Gasteiger partial charge in [-0.3, -0.25) is 9.59 Å². The highest BCUT2D eigenvalue weighted by Crippen LogP contribution is 2.30. The molecule has 7 heteroatoms. The van der Waals surface area contributed by atoms with Crippen LogP contribution in [0.15, 0.2) is 24.3 Å². The number of amides is 2. The second-order valence-corrected chi connectivity index (χ2v) is 4.38. The van der Waals surface area contributed by atoms with Crippen LogP contribution in [0.25, 0.3) is 0 Å². The highest BCUT2D eigenvalue weighted by Gasteiger charge is 2.29. The van der Waals surface area contributed by atoms with Crippen LogP contribution in [0, 0.1) is 0 Å². The molecule has 0 saturated carbocycles. The summed E-state index contributed by atoms with van der Waals surface area (Å²) in [5, 5.41) is 2.53. The standard InChI is InChI=1S/C13H14F2N2O3/c1-8-12(19)17(7-6-11(18)16-8)9-4-2-3-5-10(9)20-13(14)15/h2-5,8,13H,6-7H2,1H3,(H,16,18). The van der Waals surface area contributed by atoms with Gasteiger partial charge in [0.25, 0.3) is 0 Å². The number of benzene rings is 1. The Bertz CT molecular complexity index is 522. The van der Waals surface area contributed by atoms with E-state index in [0.29, 0.717) is 0 Å². The van der Waals surface area contributed by atoms with E-state index in [9.17, 15) is 18.4 Å². The Kier molecular flexibility index (Phi) is 4.16. The first-order chi connectivity index (χ1) is 9.49. The van der Waals surface area contributed by atoms with E-state index in [1.807, 2.05) is 0 Å². The van der Waals surface area contributed by atoms with Crippen molar-refractivity contribution >= 4 is 17.5 Å². The largest absolute Gasteiger partial charge is 0.433 e. The molecule has 108 valence electrons. The van der Waals surface area contributed by atoms with Crippen molar-refractivity contribution in [2.75, 3.05) is 11.4 Å². The van der Waals surface area contributed by atoms with E-state index in [1.165, 1.54) is 23.1 Å². The molecule has 2 rings (SSSR count). The molecule has 0 aliphatic carbocycles. The molecule has 20 heavy (non-hydrogen) atoms. The maximum absolute atomic E-state index is 12.4. The Morgan fingerprint density at radius 2 is 2.05 bits per heavy atom. The van der Waals surface area contributed by atoms with Gasteiger partial charge in [-0.1, -0.05) is 12.1 Å². The Morgan fingerprint density at radius 3 is 2.75 bits per heavy atom. The van der Waals surface area contributed by atoms with Crippen LogP contribution in [0.2, 0.25) is 0 Å². The van der Waals surface area contributed by atoms with Crippen LogP contribution in [0.3, 0.4) is 0 Å². The lowest BCUT2D eigenvalue weighted by Gasteiger charge is -2.24. The second-order valence-electron chi connectivity index (χ2n) is 4.38. The summed E-state index contributed by atoms with van der Waals surface area (Å²) in [6.07, 6.45) is 0.110. The van der Waals surface area contributed by atoms with Crippen molar-refractivity contribution < 1.29 is 23.1 Å². The number of carbonyl (C=O) groups is 2. The van der Waals surface area contributed by atoms with Gasteiger partial charge in [0, 0.05) is 13.0 Å². The van der Waals surface area contributed by atoms with Crippen molar-refractivity contribution in [3.05, 3.63) is 24.3 Å². The number of hydrogen-bond donors (Lipinski definition) is 1. The van der Waals surface area contributed by atoms with E-state index < -0.39 is 12.7 Å². The van der Waals surface area contributed by atoms with Gasteiger partial charge in [0.1, 0.15) is 11.8 Å². The maximum Gasteiger partial charge on any atom is 0.387 e. The third-order valence-electron chi connectivity index (χ3n) is 2.95. The van der Waals surface area contributed by atoms with Gasteiger partial charge in [0.2, 0.25) is 11.8 Å². The lowest BCUT2D eigenvalue weighted by atomic mass is 10.2. The fourth-order valence-corrected chi connectivity index (χ4v) is 2.05. The van der Waals surface area contributed by atoms with Crippen LogP contribution in [-0.2, 0) is 9.59 Å². The van der Waals surface area contributed by atoms with Crippen LogP contribution in [0.5, 0.6) is 5.75 Å². The molecule has 5 nitrogen and oxygen atoms in total. The van der Waals surface area contributed by atoms with Gasteiger partial charge in [-0.25, -0.2) is 0 Å². The van der Waals surface area contributed by atoms with Gasteiger partial charge < -0.3 is 15.0 Å². The molecule has 1 saturated heterocycles. The zero-order valence-corrected chi connectivity index (χ0v) is 10.8. The number of nitrogens with zero attached hydrogens (tertiary/aromatic N) is 1. The van der Waals surface area contributed by atoms with Gasteiger partial charge in [-0.15, -0.1) is 0 Å². The fourth-order valence-electron chi connectivity index (χ4n) is 2.05. The van der Waals surface area contributed by atoms with Crippen LogP contribution in [-0.4, -0.2) is 31.0 Å². The summed E-state index contributed by atoms with van der Waals surface area (Å²) < 4.78 is 29.2. The molecule has 0 aromatic heterocycles. The van der Waals surface area contributed by atoms with Gasteiger partial charge in [-0.05, 0) is 19.1 Å². The third-order valence-corrected chi connectivity index (χ3v) is 2.95. The summed E-state index contributed by atoms with van der Waals surface area (Å²) >= 11 is 0. The molecule has 1 heterocycles. The summed E-state index contributed by atoms with van der Waals surface area (Å²) in [6, 6.07) is 5.32. The highest BCUT2D eigenvalue weighted by atomic mass is 19.3. The van der Waals surface area contributed by atoms with Crippen molar-refractivity contribution in [3.8, 4) is 5.75 Å². The van der Waals surface area contributed by atoms with Crippen molar-refractivity contribution in [2.24, 2.45) is 0 Å². The van der Waals surface area contributed by atoms with Crippen molar-refractivity contribution in [1.82, 2.24) is 5.32 Å². The Morgan fingerprint density at radius 1 is 1.35 bits per heavy atom. The van der Waals surface area contributed by atoms with Crippen molar-refractivity contribution in [1.29, 1.82) is 0 Å². The third kappa shape index (κ3) is 3.04. The fraction of sp³-hybridized carbons (Fsp3) is 0.385. The topological polar surface area (TPSA) is 58.6 Å². The summed E-state index contributed by atoms with van der Waals surface area (Å²) in [5.41, 5.74) is 0.237.